The molecule has 1 unspecified atom stereocenters. The Morgan fingerprint density at radius 3 is 2.11 bits per heavy atom. The Morgan fingerprint density at radius 1 is 1.16 bits per heavy atom. The van der Waals surface area contributed by atoms with Gasteiger partial charge in [0.2, 0.25) is 0 Å². The average Bonchev–Trinajstić information content (AvgIpc) is 2.55. The van der Waals surface area contributed by atoms with Gasteiger partial charge in [0, 0.05) is 0 Å². The van der Waals surface area contributed by atoms with Gasteiger partial charge in [0.15, 0.2) is 0 Å². The Balaban J connectivity index is 2.56. The van der Waals surface area contributed by atoms with Gasteiger partial charge in [-0.1, -0.05) is 29.3 Å². The highest BCUT2D eigenvalue weighted by atomic mass is 35.5. The second-order valence-corrected chi connectivity index (χ2v) is 5.60. The molecule has 2 aromatic rings. The van der Waals surface area contributed by atoms with E-state index in [1.807, 2.05) is 11.6 Å². The summed E-state index contributed by atoms with van der Waals surface area (Å²) in [7, 11) is 0. The third-order valence-electron chi connectivity index (χ3n) is 3.57. The first-order chi connectivity index (χ1) is 8.82. The maximum atomic E-state index is 6.13. The zero-order valence-electron chi connectivity index (χ0n) is 12.1. The zero-order valence-corrected chi connectivity index (χ0v) is 12.8. The molecule has 1 atom stereocenters. The number of hydrogen-bond donors (Lipinski definition) is 1. The van der Waals surface area contributed by atoms with Crippen molar-refractivity contribution in [1.29, 1.82) is 0 Å². The van der Waals surface area contributed by atoms with Crippen molar-refractivity contribution in [3.05, 3.63) is 45.1 Å². The summed E-state index contributed by atoms with van der Waals surface area (Å²) in [5.74, 6) is 0.533. The molecule has 1 heterocycles. The fourth-order valence-electron chi connectivity index (χ4n) is 2.81. The monoisotopic (exact) mass is 277 g/mol. The van der Waals surface area contributed by atoms with Crippen molar-refractivity contribution in [3.8, 4) is 0 Å². The molecule has 0 aliphatic rings. The SMILES string of the molecule is Cc1cc(C)c(C(C)n2nc(C)c(Cl)c2N)c(C)c1. The van der Waals surface area contributed by atoms with Gasteiger partial charge < -0.3 is 5.73 Å². The van der Waals surface area contributed by atoms with Crippen LogP contribution in [-0.4, -0.2) is 9.78 Å². The molecular formula is C15H20ClN3. The maximum Gasteiger partial charge on any atom is 0.141 e. The summed E-state index contributed by atoms with van der Waals surface area (Å²) in [4.78, 5) is 0. The highest BCUT2D eigenvalue weighted by molar-refractivity contribution is 6.33. The van der Waals surface area contributed by atoms with Gasteiger partial charge in [-0.25, -0.2) is 4.68 Å². The minimum atomic E-state index is 0.0757. The molecule has 0 fully saturated rings. The van der Waals surface area contributed by atoms with Crippen LogP contribution in [0.5, 0.6) is 0 Å². The minimum absolute atomic E-state index is 0.0757. The van der Waals surface area contributed by atoms with Crippen molar-refractivity contribution < 1.29 is 0 Å². The molecule has 0 spiro atoms. The molecule has 0 saturated heterocycles. The van der Waals surface area contributed by atoms with Crippen molar-refractivity contribution in [3.63, 3.8) is 0 Å². The van der Waals surface area contributed by atoms with Gasteiger partial charge in [-0.15, -0.1) is 0 Å². The van der Waals surface area contributed by atoms with Crippen molar-refractivity contribution >= 4 is 17.4 Å². The quantitative estimate of drug-likeness (QED) is 0.903. The molecule has 0 radical (unpaired) electrons. The molecule has 2 N–H and O–H groups in total. The molecule has 4 heteroatoms. The molecule has 102 valence electrons. The lowest BCUT2D eigenvalue weighted by Crippen LogP contribution is -2.14. The predicted molar refractivity (Wildman–Crippen MR) is 80.9 cm³/mol. The van der Waals surface area contributed by atoms with Crippen LogP contribution < -0.4 is 5.73 Å². The molecule has 0 aliphatic carbocycles. The number of anilines is 1. The van der Waals surface area contributed by atoms with Crippen LogP contribution in [0.1, 0.15) is 40.9 Å². The molecule has 1 aromatic heterocycles. The van der Waals surface area contributed by atoms with E-state index in [9.17, 15) is 0 Å². The van der Waals surface area contributed by atoms with Gasteiger partial charge >= 0.3 is 0 Å². The van der Waals surface area contributed by atoms with Crippen molar-refractivity contribution in [2.75, 3.05) is 5.73 Å². The van der Waals surface area contributed by atoms with E-state index in [-0.39, 0.29) is 6.04 Å². The summed E-state index contributed by atoms with van der Waals surface area (Å²) in [6, 6.07) is 4.45. The van der Waals surface area contributed by atoms with Gasteiger partial charge in [-0.05, 0) is 51.3 Å². The Kier molecular flexibility index (Phi) is 3.59. The summed E-state index contributed by atoms with van der Waals surface area (Å²) in [6.07, 6.45) is 0. The van der Waals surface area contributed by atoms with E-state index in [0.29, 0.717) is 10.8 Å². The number of hydrogen-bond acceptors (Lipinski definition) is 2. The lowest BCUT2D eigenvalue weighted by atomic mass is 9.95. The number of nitrogens with zero attached hydrogens (tertiary/aromatic N) is 2. The van der Waals surface area contributed by atoms with E-state index in [2.05, 4.69) is 44.9 Å². The van der Waals surface area contributed by atoms with E-state index in [0.717, 1.165) is 5.69 Å². The number of nitrogen functional groups attached to an aromatic ring is 1. The summed E-state index contributed by atoms with van der Waals surface area (Å²) >= 11 is 6.13. The summed E-state index contributed by atoms with van der Waals surface area (Å²) in [5, 5.41) is 5.00. The first kappa shape index (κ1) is 13.9. The van der Waals surface area contributed by atoms with Gasteiger partial charge in [0.05, 0.1) is 11.7 Å². The van der Waals surface area contributed by atoms with Crippen LogP contribution in [0.2, 0.25) is 5.02 Å². The molecule has 1 aromatic carbocycles. The number of aromatic nitrogens is 2. The maximum absolute atomic E-state index is 6.13. The van der Waals surface area contributed by atoms with Crippen LogP contribution in [0.15, 0.2) is 12.1 Å². The van der Waals surface area contributed by atoms with Crippen LogP contribution in [0.25, 0.3) is 0 Å². The third kappa shape index (κ3) is 2.35. The molecule has 19 heavy (non-hydrogen) atoms. The molecule has 3 nitrogen and oxygen atoms in total. The molecule has 2 rings (SSSR count). The highest BCUT2D eigenvalue weighted by Gasteiger charge is 2.19. The molecule has 0 bridgehead atoms. The first-order valence-corrected chi connectivity index (χ1v) is 6.78. The van der Waals surface area contributed by atoms with Gasteiger partial charge in [0.1, 0.15) is 10.8 Å². The molecule has 0 amide bonds. The molecular weight excluding hydrogens is 258 g/mol. The van der Waals surface area contributed by atoms with Crippen molar-refractivity contribution in [2.45, 2.75) is 40.7 Å². The topological polar surface area (TPSA) is 43.8 Å². The summed E-state index contributed by atoms with van der Waals surface area (Å²) in [6.45, 7) is 10.3. The fourth-order valence-corrected chi connectivity index (χ4v) is 2.94. The number of nitrogens with two attached hydrogens (primary N) is 1. The van der Waals surface area contributed by atoms with Gasteiger partial charge in [-0.3, -0.25) is 0 Å². The lowest BCUT2D eigenvalue weighted by molar-refractivity contribution is 0.564. The van der Waals surface area contributed by atoms with E-state index in [1.165, 1.54) is 22.3 Å². The third-order valence-corrected chi connectivity index (χ3v) is 4.04. The Morgan fingerprint density at radius 2 is 1.68 bits per heavy atom. The van der Waals surface area contributed by atoms with Crippen LogP contribution >= 0.6 is 11.6 Å². The van der Waals surface area contributed by atoms with Crippen LogP contribution in [0, 0.1) is 27.7 Å². The Bertz CT molecular complexity index is 606. The molecule has 0 aliphatic heterocycles. The Labute approximate surface area is 119 Å². The lowest BCUT2D eigenvalue weighted by Gasteiger charge is -2.20. The Hall–Kier alpha value is -1.48. The van der Waals surface area contributed by atoms with E-state index < -0.39 is 0 Å². The van der Waals surface area contributed by atoms with E-state index in [1.54, 1.807) is 0 Å². The van der Waals surface area contributed by atoms with Gasteiger partial charge in [-0.2, -0.15) is 5.10 Å². The number of benzene rings is 1. The van der Waals surface area contributed by atoms with E-state index in [4.69, 9.17) is 17.3 Å². The van der Waals surface area contributed by atoms with Crippen molar-refractivity contribution in [2.24, 2.45) is 0 Å². The van der Waals surface area contributed by atoms with Crippen molar-refractivity contribution in [1.82, 2.24) is 9.78 Å². The second kappa shape index (κ2) is 4.89. The summed E-state index contributed by atoms with van der Waals surface area (Å²) < 4.78 is 1.81. The number of halogens is 1. The first-order valence-electron chi connectivity index (χ1n) is 6.40. The van der Waals surface area contributed by atoms with Crippen LogP contribution in [0.3, 0.4) is 0 Å². The number of aryl methyl sites for hydroxylation is 4. The zero-order chi connectivity index (χ0) is 14.3. The highest BCUT2D eigenvalue weighted by Crippen LogP contribution is 2.31. The standard InChI is InChI=1S/C15H20ClN3/c1-8-6-9(2)13(10(3)7-8)12(5)19-15(17)14(16)11(4)18-19/h6-7,12H,17H2,1-5H3. The smallest absolute Gasteiger partial charge is 0.141 e. The average molecular weight is 278 g/mol. The number of rotatable bonds is 2. The van der Waals surface area contributed by atoms with Crippen LogP contribution in [0.4, 0.5) is 5.82 Å². The van der Waals surface area contributed by atoms with Gasteiger partial charge in [0.25, 0.3) is 0 Å². The molecule has 0 saturated carbocycles. The van der Waals surface area contributed by atoms with Crippen LogP contribution in [-0.2, 0) is 0 Å². The predicted octanol–water partition coefficient (Wildman–Crippen LogP) is 3.96. The largest absolute Gasteiger partial charge is 0.383 e. The normalized spacial score (nSPS) is 12.7. The minimum Gasteiger partial charge on any atom is -0.383 e. The summed E-state index contributed by atoms with van der Waals surface area (Å²) in [5.41, 5.74) is 11.9. The fraction of sp³-hybridized carbons (Fsp3) is 0.400. The van der Waals surface area contributed by atoms with E-state index >= 15 is 0 Å². The second-order valence-electron chi connectivity index (χ2n) is 5.22.